The molecule has 1 aromatic heterocycles. The Kier molecular flexibility index (Phi) is 4.77. The third kappa shape index (κ3) is 4.18. The Hall–Kier alpha value is -1.13. The average molecular weight is 325 g/mol. The number of hydrogen-bond donors (Lipinski definition) is 1. The van der Waals surface area contributed by atoms with Crippen molar-refractivity contribution in [2.24, 2.45) is 0 Å². The first-order chi connectivity index (χ1) is 9.04. The lowest BCUT2D eigenvalue weighted by Crippen LogP contribution is -2.21. The van der Waals surface area contributed by atoms with Gasteiger partial charge in [-0.2, -0.15) is 0 Å². The molecule has 19 heavy (non-hydrogen) atoms. The number of nitrogens with one attached hydrogen (secondary N) is 1. The third-order valence-corrected chi connectivity index (χ3v) is 3.48. The SMILES string of the molecule is CC(C)NCc1ccn(Cc2ccc(F)c(Br)c2)c1. The zero-order valence-corrected chi connectivity index (χ0v) is 12.7. The van der Waals surface area contributed by atoms with Gasteiger partial charge in [-0.05, 0) is 45.3 Å². The summed E-state index contributed by atoms with van der Waals surface area (Å²) in [7, 11) is 0. The van der Waals surface area contributed by atoms with Crippen molar-refractivity contribution in [3.05, 3.63) is 58.1 Å². The lowest BCUT2D eigenvalue weighted by Gasteiger charge is -2.06. The molecule has 2 nitrogen and oxygen atoms in total. The molecule has 0 atom stereocenters. The smallest absolute Gasteiger partial charge is 0.137 e. The van der Waals surface area contributed by atoms with Gasteiger partial charge in [0.1, 0.15) is 5.82 Å². The molecule has 102 valence electrons. The quantitative estimate of drug-likeness (QED) is 0.881. The number of nitrogens with zero attached hydrogens (tertiary/aromatic N) is 1. The topological polar surface area (TPSA) is 17.0 Å². The number of rotatable bonds is 5. The summed E-state index contributed by atoms with van der Waals surface area (Å²) in [5.41, 5.74) is 2.34. The van der Waals surface area contributed by atoms with Gasteiger partial charge >= 0.3 is 0 Å². The summed E-state index contributed by atoms with van der Waals surface area (Å²) < 4.78 is 15.8. The van der Waals surface area contributed by atoms with Crippen molar-refractivity contribution in [2.45, 2.75) is 33.0 Å². The third-order valence-electron chi connectivity index (χ3n) is 2.88. The van der Waals surface area contributed by atoms with Crippen LogP contribution in [0.1, 0.15) is 25.0 Å². The van der Waals surface area contributed by atoms with E-state index in [0.717, 1.165) is 18.7 Å². The molecule has 0 amide bonds. The first-order valence-corrected chi connectivity index (χ1v) is 7.16. The van der Waals surface area contributed by atoms with Gasteiger partial charge in [0.15, 0.2) is 0 Å². The van der Waals surface area contributed by atoms with Crippen molar-refractivity contribution in [1.82, 2.24) is 9.88 Å². The summed E-state index contributed by atoms with van der Waals surface area (Å²) in [5, 5.41) is 3.39. The van der Waals surface area contributed by atoms with Crippen molar-refractivity contribution in [3.63, 3.8) is 0 Å². The molecule has 4 heteroatoms. The van der Waals surface area contributed by atoms with Gasteiger partial charge in [-0.25, -0.2) is 4.39 Å². The maximum atomic E-state index is 13.2. The maximum Gasteiger partial charge on any atom is 0.137 e. The Bertz CT molecular complexity index is 549. The molecule has 2 aromatic rings. The van der Waals surface area contributed by atoms with E-state index in [2.05, 4.69) is 58.1 Å². The van der Waals surface area contributed by atoms with Crippen LogP contribution in [0.3, 0.4) is 0 Å². The normalized spacial score (nSPS) is 11.2. The molecular weight excluding hydrogens is 307 g/mol. The van der Waals surface area contributed by atoms with E-state index in [1.165, 1.54) is 11.6 Å². The van der Waals surface area contributed by atoms with Gasteiger partial charge in [0, 0.05) is 31.5 Å². The van der Waals surface area contributed by atoms with E-state index in [-0.39, 0.29) is 5.82 Å². The molecule has 1 aromatic carbocycles. The van der Waals surface area contributed by atoms with Crippen LogP contribution in [0.2, 0.25) is 0 Å². The second kappa shape index (κ2) is 6.35. The maximum absolute atomic E-state index is 13.2. The Labute approximate surface area is 121 Å². The summed E-state index contributed by atoms with van der Waals surface area (Å²) in [6.45, 7) is 5.89. The molecule has 0 aliphatic heterocycles. The Morgan fingerprint density at radius 3 is 2.74 bits per heavy atom. The van der Waals surface area contributed by atoms with Crippen molar-refractivity contribution in [3.8, 4) is 0 Å². The van der Waals surface area contributed by atoms with Crippen molar-refractivity contribution in [2.75, 3.05) is 0 Å². The molecule has 2 rings (SSSR count). The number of benzene rings is 1. The van der Waals surface area contributed by atoms with Crippen LogP contribution in [0.4, 0.5) is 4.39 Å². The Morgan fingerprint density at radius 2 is 2.05 bits per heavy atom. The largest absolute Gasteiger partial charge is 0.350 e. The van der Waals surface area contributed by atoms with Gasteiger partial charge in [-0.3, -0.25) is 0 Å². The van der Waals surface area contributed by atoms with Gasteiger partial charge in [-0.15, -0.1) is 0 Å². The van der Waals surface area contributed by atoms with Gasteiger partial charge in [0.05, 0.1) is 4.47 Å². The molecule has 0 saturated carbocycles. The van der Waals surface area contributed by atoms with E-state index in [1.807, 2.05) is 12.1 Å². The molecule has 0 saturated heterocycles. The van der Waals surface area contributed by atoms with Crippen LogP contribution in [0, 0.1) is 5.82 Å². The predicted octanol–water partition coefficient (Wildman–Crippen LogP) is 3.94. The van der Waals surface area contributed by atoms with Gasteiger partial charge < -0.3 is 9.88 Å². The van der Waals surface area contributed by atoms with Crippen LogP contribution < -0.4 is 5.32 Å². The molecule has 1 N–H and O–H groups in total. The fraction of sp³-hybridized carbons (Fsp3) is 0.333. The fourth-order valence-electron chi connectivity index (χ4n) is 1.86. The van der Waals surface area contributed by atoms with Crippen LogP contribution in [0.15, 0.2) is 41.1 Å². The minimum absolute atomic E-state index is 0.224. The van der Waals surface area contributed by atoms with Crippen LogP contribution >= 0.6 is 15.9 Å². The van der Waals surface area contributed by atoms with E-state index < -0.39 is 0 Å². The predicted molar refractivity (Wildman–Crippen MR) is 79.6 cm³/mol. The van der Waals surface area contributed by atoms with Crippen molar-refractivity contribution >= 4 is 15.9 Å². The summed E-state index contributed by atoms with van der Waals surface area (Å²) >= 11 is 3.21. The van der Waals surface area contributed by atoms with E-state index in [4.69, 9.17) is 0 Å². The highest BCUT2D eigenvalue weighted by Crippen LogP contribution is 2.17. The molecule has 0 fully saturated rings. The first kappa shape index (κ1) is 14.3. The lowest BCUT2D eigenvalue weighted by molar-refractivity contribution is 0.588. The number of halogens is 2. The molecule has 0 bridgehead atoms. The van der Waals surface area contributed by atoms with Crippen molar-refractivity contribution < 1.29 is 4.39 Å². The summed E-state index contributed by atoms with van der Waals surface area (Å²) in [6.07, 6.45) is 4.17. The Morgan fingerprint density at radius 1 is 1.26 bits per heavy atom. The molecule has 0 unspecified atom stereocenters. The van der Waals surface area contributed by atoms with E-state index in [0.29, 0.717) is 10.5 Å². The van der Waals surface area contributed by atoms with Crippen LogP contribution in [0.5, 0.6) is 0 Å². The summed E-state index contributed by atoms with van der Waals surface area (Å²) in [4.78, 5) is 0. The zero-order chi connectivity index (χ0) is 13.8. The summed E-state index contributed by atoms with van der Waals surface area (Å²) in [6, 6.07) is 7.71. The second-order valence-electron chi connectivity index (χ2n) is 4.98. The van der Waals surface area contributed by atoms with Crippen LogP contribution in [0.25, 0.3) is 0 Å². The second-order valence-corrected chi connectivity index (χ2v) is 5.83. The van der Waals surface area contributed by atoms with Crippen LogP contribution in [-0.4, -0.2) is 10.6 Å². The zero-order valence-electron chi connectivity index (χ0n) is 11.2. The standard InChI is InChI=1S/C15H18BrFN2/c1-11(2)18-8-13-5-6-19(10-13)9-12-3-4-15(17)14(16)7-12/h3-7,10-11,18H,8-9H2,1-2H3. The van der Waals surface area contributed by atoms with Crippen LogP contribution in [-0.2, 0) is 13.1 Å². The van der Waals surface area contributed by atoms with Gasteiger partial charge in [-0.1, -0.05) is 19.9 Å². The van der Waals surface area contributed by atoms with Crippen molar-refractivity contribution in [1.29, 1.82) is 0 Å². The molecule has 0 spiro atoms. The highest BCUT2D eigenvalue weighted by Gasteiger charge is 2.02. The molecule has 1 heterocycles. The minimum Gasteiger partial charge on any atom is -0.350 e. The number of hydrogen-bond acceptors (Lipinski definition) is 1. The average Bonchev–Trinajstić information content (AvgIpc) is 2.79. The molecular formula is C15H18BrFN2. The van der Waals surface area contributed by atoms with E-state index >= 15 is 0 Å². The molecule has 0 radical (unpaired) electrons. The van der Waals surface area contributed by atoms with Gasteiger partial charge in [0.25, 0.3) is 0 Å². The highest BCUT2D eigenvalue weighted by molar-refractivity contribution is 9.10. The van der Waals surface area contributed by atoms with Gasteiger partial charge in [0.2, 0.25) is 0 Å². The first-order valence-electron chi connectivity index (χ1n) is 6.36. The highest BCUT2D eigenvalue weighted by atomic mass is 79.9. The van der Waals surface area contributed by atoms with E-state index in [9.17, 15) is 4.39 Å². The monoisotopic (exact) mass is 324 g/mol. The number of aromatic nitrogens is 1. The summed E-state index contributed by atoms with van der Waals surface area (Å²) in [5.74, 6) is -0.224. The Balaban J connectivity index is 2.01. The minimum atomic E-state index is -0.224. The lowest BCUT2D eigenvalue weighted by atomic mass is 10.2. The molecule has 0 aliphatic rings. The fourth-order valence-corrected chi connectivity index (χ4v) is 2.29. The molecule has 0 aliphatic carbocycles. The van der Waals surface area contributed by atoms with E-state index in [1.54, 1.807) is 0 Å².